The topological polar surface area (TPSA) is 20.3 Å². The van der Waals surface area contributed by atoms with E-state index in [1.165, 1.54) is 12.8 Å². The van der Waals surface area contributed by atoms with E-state index in [-0.39, 0.29) is 0 Å². The summed E-state index contributed by atoms with van der Waals surface area (Å²) in [5.74, 6) is 0.363. The summed E-state index contributed by atoms with van der Waals surface area (Å²) in [7, 11) is 0. The Morgan fingerprint density at radius 2 is 2.33 bits per heavy atom. The second-order valence-corrected chi connectivity index (χ2v) is 3.63. The summed E-state index contributed by atoms with van der Waals surface area (Å²) in [5, 5.41) is 0. The molecule has 2 nitrogen and oxygen atoms in total. The number of amides is 1. The highest BCUT2D eigenvalue weighted by Gasteiger charge is 2.27. The van der Waals surface area contributed by atoms with Crippen molar-refractivity contribution in [2.45, 2.75) is 38.1 Å². The van der Waals surface area contributed by atoms with Gasteiger partial charge in [0.15, 0.2) is 0 Å². The minimum Gasteiger partial charge on any atom is -0.339 e. The standard InChI is InChI=1S/C10H15NO/c12-10-7-3-1-2-5-9-6-4-8-11(9)10/h1-2,9H,3-8H2/b2-1-/t9-/m0/s1. The average molecular weight is 165 g/mol. The summed E-state index contributed by atoms with van der Waals surface area (Å²) in [6.07, 6.45) is 9.50. The maximum absolute atomic E-state index is 11.5. The quantitative estimate of drug-likeness (QED) is 0.500. The van der Waals surface area contributed by atoms with Crippen molar-refractivity contribution in [3.05, 3.63) is 12.2 Å². The van der Waals surface area contributed by atoms with Crippen molar-refractivity contribution >= 4 is 5.91 Å². The van der Waals surface area contributed by atoms with Gasteiger partial charge in [-0.15, -0.1) is 0 Å². The molecule has 0 unspecified atom stereocenters. The van der Waals surface area contributed by atoms with E-state index in [4.69, 9.17) is 0 Å². The zero-order valence-electron chi connectivity index (χ0n) is 7.33. The van der Waals surface area contributed by atoms with Crippen LogP contribution in [0.3, 0.4) is 0 Å². The highest BCUT2D eigenvalue weighted by molar-refractivity contribution is 5.77. The van der Waals surface area contributed by atoms with Gasteiger partial charge >= 0.3 is 0 Å². The van der Waals surface area contributed by atoms with Crippen molar-refractivity contribution in [3.8, 4) is 0 Å². The van der Waals surface area contributed by atoms with Crippen LogP contribution in [-0.2, 0) is 4.79 Å². The molecule has 2 heteroatoms. The highest BCUT2D eigenvalue weighted by atomic mass is 16.2. The second kappa shape index (κ2) is 3.30. The first-order valence-electron chi connectivity index (χ1n) is 4.82. The molecule has 2 heterocycles. The van der Waals surface area contributed by atoms with Crippen LogP contribution in [0.4, 0.5) is 0 Å². The Kier molecular flexibility index (Phi) is 2.15. The molecule has 1 amide bonds. The lowest BCUT2D eigenvalue weighted by Gasteiger charge is -2.24. The molecule has 1 fully saturated rings. The fraction of sp³-hybridized carbons (Fsp3) is 0.700. The molecule has 0 saturated carbocycles. The van der Waals surface area contributed by atoms with Crippen molar-refractivity contribution in [1.82, 2.24) is 4.90 Å². The molecule has 1 saturated heterocycles. The molecule has 0 spiro atoms. The van der Waals surface area contributed by atoms with Gasteiger partial charge in [0.1, 0.15) is 0 Å². The Hall–Kier alpha value is -0.790. The number of fused-ring (bicyclic) bond motifs is 1. The van der Waals surface area contributed by atoms with Crippen LogP contribution in [0.5, 0.6) is 0 Å². The number of carbonyl (C=O) groups is 1. The Bertz CT molecular complexity index is 210. The first-order chi connectivity index (χ1) is 5.88. The van der Waals surface area contributed by atoms with Gasteiger partial charge in [-0.3, -0.25) is 4.79 Å². The maximum Gasteiger partial charge on any atom is 0.223 e. The first kappa shape index (κ1) is 7.84. The van der Waals surface area contributed by atoms with Crippen LogP contribution in [-0.4, -0.2) is 23.4 Å². The number of rotatable bonds is 0. The highest BCUT2D eigenvalue weighted by Crippen LogP contribution is 2.23. The van der Waals surface area contributed by atoms with E-state index in [0.717, 1.165) is 19.4 Å². The average Bonchev–Trinajstić information content (AvgIpc) is 2.47. The van der Waals surface area contributed by atoms with Gasteiger partial charge in [0.2, 0.25) is 5.91 Å². The summed E-state index contributed by atoms with van der Waals surface area (Å²) in [5.41, 5.74) is 0. The van der Waals surface area contributed by atoms with Crippen molar-refractivity contribution < 1.29 is 4.79 Å². The molecule has 0 aromatic carbocycles. The fourth-order valence-electron chi connectivity index (χ4n) is 2.13. The minimum absolute atomic E-state index is 0.363. The molecule has 2 rings (SSSR count). The molecular formula is C10H15NO. The lowest BCUT2D eigenvalue weighted by molar-refractivity contribution is -0.131. The SMILES string of the molecule is O=C1CC/C=C\C[C@H]2CCCN12. The fourth-order valence-corrected chi connectivity index (χ4v) is 2.13. The zero-order chi connectivity index (χ0) is 8.39. The summed E-state index contributed by atoms with van der Waals surface area (Å²) in [6.45, 7) is 0.997. The second-order valence-electron chi connectivity index (χ2n) is 3.63. The number of carbonyl (C=O) groups excluding carboxylic acids is 1. The van der Waals surface area contributed by atoms with Gasteiger partial charge in [-0.1, -0.05) is 12.2 Å². The Labute approximate surface area is 73.2 Å². The molecule has 12 heavy (non-hydrogen) atoms. The smallest absolute Gasteiger partial charge is 0.223 e. The van der Waals surface area contributed by atoms with E-state index in [1.807, 2.05) is 0 Å². The van der Waals surface area contributed by atoms with Crippen LogP contribution in [0.15, 0.2) is 12.2 Å². The predicted octanol–water partition coefficient (Wildman–Crippen LogP) is 1.72. The predicted molar refractivity (Wildman–Crippen MR) is 47.7 cm³/mol. The first-order valence-corrected chi connectivity index (χ1v) is 4.82. The Morgan fingerprint density at radius 3 is 3.25 bits per heavy atom. The van der Waals surface area contributed by atoms with Crippen LogP contribution < -0.4 is 0 Å². The van der Waals surface area contributed by atoms with E-state index < -0.39 is 0 Å². The normalized spacial score (nSPS) is 32.5. The Morgan fingerprint density at radius 1 is 1.42 bits per heavy atom. The number of hydrogen-bond donors (Lipinski definition) is 0. The van der Waals surface area contributed by atoms with Gasteiger partial charge in [0, 0.05) is 19.0 Å². The van der Waals surface area contributed by atoms with Crippen LogP contribution in [0.2, 0.25) is 0 Å². The van der Waals surface area contributed by atoms with Gasteiger partial charge in [0.05, 0.1) is 0 Å². The lowest BCUT2D eigenvalue weighted by atomic mass is 10.1. The molecule has 0 bridgehead atoms. The summed E-state index contributed by atoms with van der Waals surface area (Å²) >= 11 is 0. The molecule has 0 aliphatic carbocycles. The van der Waals surface area contributed by atoms with Crippen LogP contribution in [0.1, 0.15) is 32.1 Å². The molecule has 0 aromatic rings. The van der Waals surface area contributed by atoms with E-state index in [2.05, 4.69) is 17.1 Å². The maximum atomic E-state index is 11.5. The van der Waals surface area contributed by atoms with Gasteiger partial charge in [-0.2, -0.15) is 0 Å². The largest absolute Gasteiger partial charge is 0.339 e. The van der Waals surface area contributed by atoms with Crippen molar-refractivity contribution in [1.29, 1.82) is 0 Å². The van der Waals surface area contributed by atoms with Crippen molar-refractivity contribution in [3.63, 3.8) is 0 Å². The number of allylic oxidation sites excluding steroid dienone is 1. The zero-order valence-corrected chi connectivity index (χ0v) is 7.33. The molecular weight excluding hydrogens is 150 g/mol. The van der Waals surface area contributed by atoms with Gasteiger partial charge in [-0.05, 0) is 25.7 Å². The van der Waals surface area contributed by atoms with E-state index in [9.17, 15) is 4.79 Å². The third-order valence-electron chi connectivity index (χ3n) is 2.80. The van der Waals surface area contributed by atoms with Crippen molar-refractivity contribution in [2.24, 2.45) is 0 Å². The van der Waals surface area contributed by atoms with E-state index in [1.54, 1.807) is 0 Å². The number of nitrogens with zero attached hydrogens (tertiary/aromatic N) is 1. The number of hydrogen-bond acceptors (Lipinski definition) is 1. The van der Waals surface area contributed by atoms with Crippen LogP contribution >= 0.6 is 0 Å². The third kappa shape index (κ3) is 1.38. The molecule has 0 N–H and O–H groups in total. The summed E-state index contributed by atoms with van der Waals surface area (Å²) in [6, 6.07) is 0.522. The third-order valence-corrected chi connectivity index (χ3v) is 2.80. The van der Waals surface area contributed by atoms with Gasteiger partial charge in [0.25, 0.3) is 0 Å². The molecule has 2 aliphatic rings. The molecule has 2 aliphatic heterocycles. The van der Waals surface area contributed by atoms with E-state index in [0.29, 0.717) is 18.4 Å². The molecule has 0 aromatic heterocycles. The van der Waals surface area contributed by atoms with Crippen LogP contribution in [0.25, 0.3) is 0 Å². The monoisotopic (exact) mass is 165 g/mol. The lowest BCUT2D eigenvalue weighted by Crippen LogP contribution is -2.35. The summed E-state index contributed by atoms with van der Waals surface area (Å²) in [4.78, 5) is 13.6. The van der Waals surface area contributed by atoms with Crippen LogP contribution in [0, 0.1) is 0 Å². The Balaban J connectivity index is 2.11. The summed E-state index contributed by atoms with van der Waals surface area (Å²) < 4.78 is 0. The molecule has 66 valence electrons. The van der Waals surface area contributed by atoms with Gasteiger partial charge in [-0.25, -0.2) is 0 Å². The molecule has 1 atom stereocenters. The van der Waals surface area contributed by atoms with Gasteiger partial charge < -0.3 is 4.90 Å². The minimum atomic E-state index is 0.363. The molecule has 0 radical (unpaired) electrons. The van der Waals surface area contributed by atoms with E-state index >= 15 is 0 Å². The van der Waals surface area contributed by atoms with Crippen molar-refractivity contribution in [2.75, 3.05) is 6.54 Å².